The maximum Gasteiger partial charge on any atom is 0.226 e. The summed E-state index contributed by atoms with van der Waals surface area (Å²) in [6, 6.07) is 6.22. The minimum Gasteiger partial charge on any atom is -0.387 e. The Labute approximate surface area is 130 Å². The van der Waals surface area contributed by atoms with Gasteiger partial charge >= 0.3 is 0 Å². The van der Waals surface area contributed by atoms with Crippen LogP contribution in [0.15, 0.2) is 24.3 Å². The van der Waals surface area contributed by atoms with Gasteiger partial charge in [0.05, 0.1) is 12.6 Å². The molecule has 0 radical (unpaired) electrons. The Bertz CT molecular complexity index is 559. The summed E-state index contributed by atoms with van der Waals surface area (Å²) in [5, 5.41) is 10.4. The second-order valence-corrected chi connectivity index (χ2v) is 7.07. The number of benzene rings is 1. The summed E-state index contributed by atoms with van der Waals surface area (Å²) in [6.45, 7) is 0.338. The van der Waals surface area contributed by atoms with Gasteiger partial charge in [0.15, 0.2) is 0 Å². The Balaban J connectivity index is 1.44. The highest BCUT2D eigenvalue weighted by molar-refractivity contribution is 5.83. The van der Waals surface area contributed by atoms with E-state index >= 15 is 0 Å². The van der Waals surface area contributed by atoms with E-state index in [1.165, 1.54) is 31.4 Å². The Morgan fingerprint density at radius 2 is 1.82 bits per heavy atom. The van der Waals surface area contributed by atoms with Crippen molar-refractivity contribution in [1.29, 1.82) is 0 Å². The van der Waals surface area contributed by atoms with E-state index in [-0.39, 0.29) is 17.6 Å². The Hall–Kier alpha value is -1.42. The number of fused-ring (bicyclic) bond motifs is 1. The molecule has 0 heterocycles. The van der Waals surface area contributed by atoms with Crippen LogP contribution in [-0.2, 0) is 4.79 Å². The van der Waals surface area contributed by atoms with Crippen LogP contribution in [0.2, 0.25) is 0 Å². The summed E-state index contributed by atoms with van der Waals surface area (Å²) in [5.74, 6) is 1.37. The molecule has 3 nitrogen and oxygen atoms in total. The van der Waals surface area contributed by atoms with Crippen LogP contribution in [0.1, 0.15) is 43.8 Å². The molecule has 0 saturated heterocycles. The van der Waals surface area contributed by atoms with Crippen LogP contribution in [0, 0.1) is 23.6 Å². The number of amides is 1. The fraction of sp³-hybridized carbons (Fsp3) is 0.611. The van der Waals surface area contributed by atoms with E-state index in [0.717, 1.165) is 12.8 Å². The second-order valence-electron chi connectivity index (χ2n) is 7.07. The fourth-order valence-corrected chi connectivity index (χ4v) is 4.16. The minimum absolute atomic E-state index is 0.217. The first-order chi connectivity index (χ1) is 10.6. The zero-order valence-electron chi connectivity index (χ0n) is 12.6. The van der Waals surface area contributed by atoms with Crippen molar-refractivity contribution in [3.63, 3.8) is 0 Å². The first-order valence-corrected chi connectivity index (χ1v) is 8.39. The number of nitrogens with zero attached hydrogens (tertiary/aromatic N) is 1. The predicted octanol–water partition coefficient (Wildman–Crippen LogP) is 2.90. The molecule has 3 fully saturated rings. The van der Waals surface area contributed by atoms with Gasteiger partial charge in [0.2, 0.25) is 5.91 Å². The zero-order valence-corrected chi connectivity index (χ0v) is 12.6. The Morgan fingerprint density at radius 3 is 2.41 bits per heavy atom. The Morgan fingerprint density at radius 1 is 1.18 bits per heavy atom. The lowest BCUT2D eigenvalue weighted by Gasteiger charge is -2.26. The number of carbonyl (C=O) groups excluding carboxylic acids is 1. The van der Waals surface area contributed by atoms with E-state index in [0.29, 0.717) is 30.0 Å². The van der Waals surface area contributed by atoms with Crippen LogP contribution in [0.4, 0.5) is 4.39 Å². The Kier molecular flexibility index (Phi) is 3.44. The molecule has 3 atom stereocenters. The van der Waals surface area contributed by atoms with Crippen molar-refractivity contribution in [3.8, 4) is 0 Å². The quantitative estimate of drug-likeness (QED) is 0.908. The molecular weight excluding hydrogens is 281 g/mol. The first-order valence-electron chi connectivity index (χ1n) is 8.39. The average Bonchev–Trinajstić information content (AvgIpc) is 3.43. The topological polar surface area (TPSA) is 40.5 Å². The average molecular weight is 303 g/mol. The molecule has 1 aromatic rings. The van der Waals surface area contributed by atoms with Crippen LogP contribution >= 0.6 is 0 Å². The molecule has 1 amide bonds. The molecule has 3 unspecified atom stereocenters. The summed E-state index contributed by atoms with van der Waals surface area (Å²) in [4.78, 5) is 14.7. The third kappa shape index (κ3) is 2.54. The van der Waals surface area contributed by atoms with Gasteiger partial charge in [-0.05, 0) is 55.2 Å². The molecule has 0 aliphatic heterocycles. The molecule has 0 spiro atoms. The van der Waals surface area contributed by atoms with Gasteiger partial charge in [-0.25, -0.2) is 4.39 Å². The lowest BCUT2D eigenvalue weighted by molar-refractivity contribution is -0.135. The zero-order chi connectivity index (χ0) is 15.3. The number of carbonyl (C=O) groups is 1. The van der Waals surface area contributed by atoms with Crippen molar-refractivity contribution in [2.45, 2.75) is 44.2 Å². The number of hydrogen-bond donors (Lipinski definition) is 1. The van der Waals surface area contributed by atoms with Crippen molar-refractivity contribution in [3.05, 3.63) is 35.6 Å². The largest absolute Gasteiger partial charge is 0.387 e. The standard InChI is InChI=1S/C18H22FNO2/c19-12-6-4-11(5-7-12)16(21)10-20(13-8-9-13)18(22)17-14-2-1-3-15(14)17/h4-7,13-17,21H,1-3,8-10H2. The summed E-state index contributed by atoms with van der Waals surface area (Å²) >= 11 is 0. The summed E-state index contributed by atoms with van der Waals surface area (Å²) in [6.07, 6.45) is 5.01. The van der Waals surface area contributed by atoms with Crippen molar-refractivity contribution in [1.82, 2.24) is 4.90 Å². The van der Waals surface area contributed by atoms with Gasteiger partial charge in [-0.15, -0.1) is 0 Å². The maximum atomic E-state index is 13.0. The minimum atomic E-state index is -0.733. The van der Waals surface area contributed by atoms with Gasteiger partial charge in [0.1, 0.15) is 5.82 Å². The number of rotatable bonds is 5. The van der Waals surface area contributed by atoms with E-state index in [4.69, 9.17) is 0 Å². The highest BCUT2D eigenvalue weighted by atomic mass is 19.1. The van der Waals surface area contributed by atoms with E-state index in [9.17, 15) is 14.3 Å². The van der Waals surface area contributed by atoms with Crippen LogP contribution in [0.3, 0.4) is 0 Å². The number of halogens is 1. The molecule has 1 aromatic carbocycles. The summed E-state index contributed by atoms with van der Waals surface area (Å²) in [7, 11) is 0. The van der Waals surface area contributed by atoms with Crippen molar-refractivity contribution in [2.75, 3.05) is 6.54 Å². The molecule has 4 heteroatoms. The molecule has 3 aliphatic carbocycles. The molecule has 0 aromatic heterocycles. The van der Waals surface area contributed by atoms with Gasteiger partial charge in [-0.1, -0.05) is 18.6 Å². The molecule has 118 valence electrons. The van der Waals surface area contributed by atoms with Gasteiger partial charge in [0, 0.05) is 12.0 Å². The molecule has 1 N–H and O–H groups in total. The van der Waals surface area contributed by atoms with Gasteiger partial charge < -0.3 is 10.0 Å². The second kappa shape index (κ2) is 5.34. The van der Waals surface area contributed by atoms with Crippen LogP contribution in [0.25, 0.3) is 0 Å². The highest BCUT2D eigenvalue weighted by Gasteiger charge is 2.58. The summed E-state index contributed by atoms with van der Waals surface area (Å²) < 4.78 is 13.0. The third-order valence-corrected chi connectivity index (χ3v) is 5.59. The first kappa shape index (κ1) is 14.2. The summed E-state index contributed by atoms with van der Waals surface area (Å²) in [5.41, 5.74) is 0.677. The molecule has 3 saturated carbocycles. The lowest BCUT2D eigenvalue weighted by atomic mass is 10.1. The lowest BCUT2D eigenvalue weighted by Crippen LogP contribution is -2.38. The van der Waals surface area contributed by atoms with Crippen molar-refractivity contribution in [2.24, 2.45) is 17.8 Å². The van der Waals surface area contributed by atoms with Gasteiger partial charge in [-0.3, -0.25) is 4.79 Å². The van der Waals surface area contributed by atoms with Crippen LogP contribution in [-0.4, -0.2) is 28.5 Å². The normalized spacial score (nSPS) is 30.7. The van der Waals surface area contributed by atoms with E-state index in [1.807, 2.05) is 4.90 Å². The van der Waals surface area contributed by atoms with Crippen molar-refractivity contribution < 1.29 is 14.3 Å². The number of hydrogen-bond acceptors (Lipinski definition) is 2. The number of aliphatic hydroxyl groups excluding tert-OH is 1. The fourth-order valence-electron chi connectivity index (χ4n) is 4.16. The highest BCUT2D eigenvalue weighted by Crippen LogP contribution is 2.58. The van der Waals surface area contributed by atoms with E-state index < -0.39 is 6.10 Å². The molecule has 0 bridgehead atoms. The molecule has 4 rings (SSSR count). The molecule has 3 aliphatic rings. The molecular formula is C18H22FNO2. The predicted molar refractivity (Wildman–Crippen MR) is 80.4 cm³/mol. The smallest absolute Gasteiger partial charge is 0.226 e. The van der Waals surface area contributed by atoms with E-state index in [1.54, 1.807) is 12.1 Å². The maximum absolute atomic E-state index is 13.0. The van der Waals surface area contributed by atoms with Crippen molar-refractivity contribution >= 4 is 5.91 Å². The monoisotopic (exact) mass is 303 g/mol. The van der Waals surface area contributed by atoms with Crippen LogP contribution in [0.5, 0.6) is 0 Å². The molecule has 22 heavy (non-hydrogen) atoms. The van der Waals surface area contributed by atoms with E-state index in [2.05, 4.69) is 0 Å². The van der Waals surface area contributed by atoms with Gasteiger partial charge in [-0.2, -0.15) is 0 Å². The number of aliphatic hydroxyl groups is 1. The third-order valence-electron chi connectivity index (χ3n) is 5.59. The van der Waals surface area contributed by atoms with Gasteiger partial charge in [0.25, 0.3) is 0 Å². The van der Waals surface area contributed by atoms with Crippen LogP contribution < -0.4 is 0 Å². The SMILES string of the molecule is O=C(C1C2CCCC21)N(CC(O)c1ccc(F)cc1)C1CC1.